The zero-order valence-corrected chi connectivity index (χ0v) is 16.6. The van der Waals surface area contributed by atoms with E-state index in [2.05, 4.69) is 5.32 Å². The van der Waals surface area contributed by atoms with Crippen LogP contribution in [-0.4, -0.2) is 70.0 Å². The number of rotatable bonds is 7. The van der Waals surface area contributed by atoms with Crippen molar-refractivity contribution in [2.45, 2.75) is 18.7 Å². The predicted molar refractivity (Wildman–Crippen MR) is 97.5 cm³/mol. The quantitative estimate of drug-likeness (QED) is 0.591. The molecule has 2 amide bonds. The molecule has 12 heteroatoms. The van der Waals surface area contributed by atoms with Gasteiger partial charge in [0.25, 0.3) is 5.91 Å². The van der Waals surface area contributed by atoms with Gasteiger partial charge in [0.15, 0.2) is 0 Å². The molecule has 1 aliphatic rings. The van der Waals surface area contributed by atoms with Crippen LogP contribution in [0.15, 0.2) is 29.2 Å². The number of carbonyl (C=O) groups excluding carboxylic acids is 2. The molecule has 2 rings (SSSR count). The van der Waals surface area contributed by atoms with Crippen molar-refractivity contribution in [2.75, 3.05) is 32.7 Å². The maximum Gasteiger partial charge on any atom is 0.304 e. The van der Waals surface area contributed by atoms with E-state index in [1.165, 1.54) is 18.2 Å². The number of nitrogens with zero attached hydrogens (tertiary/aromatic N) is 2. The molecule has 1 aliphatic heterocycles. The zero-order chi connectivity index (χ0) is 20.2. The van der Waals surface area contributed by atoms with Crippen molar-refractivity contribution < 1.29 is 26.4 Å². The lowest BCUT2D eigenvalue weighted by Gasteiger charge is -2.26. The smallest absolute Gasteiger partial charge is 0.304 e. The van der Waals surface area contributed by atoms with E-state index in [1.807, 2.05) is 4.72 Å². The van der Waals surface area contributed by atoms with Crippen LogP contribution < -0.4 is 10.0 Å². The van der Waals surface area contributed by atoms with Crippen LogP contribution in [0, 0.1) is 0 Å². The van der Waals surface area contributed by atoms with Gasteiger partial charge in [-0.05, 0) is 18.2 Å². The van der Waals surface area contributed by atoms with E-state index in [0.717, 1.165) is 14.7 Å². The van der Waals surface area contributed by atoms with Crippen LogP contribution in [-0.2, 0) is 25.0 Å². The molecular formula is C15H22N4O6S2. The van der Waals surface area contributed by atoms with Gasteiger partial charge in [-0.3, -0.25) is 9.59 Å². The van der Waals surface area contributed by atoms with Gasteiger partial charge < -0.3 is 5.32 Å². The highest BCUT2D eigenvalue weighted by molar-refractivity contribution is 7.89. The SMILES string of the molecule is CCN(CC)S(=O)(=O)NC(=O)c1cccc(S(=O)(=O)N2CCNC(=O)C2)c1. The van der Waals surface area contributed by atoms with E-state index in [1.54, 1.807) is 13.8 Å². The molecule has 10 nitrogen and oxygen atoms in total. The fourth-order valence-corrected chi connectivity index (χ4v) is 5.18. The Morgan fingerprint density at radius 1 is 1.22 bits per heavy atom. The number of piperazine rings is 1. The average molecular weight is 418 g/mol. The summed E-state index contributed by atoms with van der Waals surface area (Å²) < 4.78 is 53.7. The lowest BCUT2D eigenvalue weighted by atomic mass is 10.2. The summed E-state index contributed by atoms with van der Waals surface area (Å²) in [6.45, 7) is 3.63. The molecule has 0 aromatic heterocycles. The first kappa shape index (κ1) is 21.3. The van der Waals surface area contributed by atoms with Gasteiger partial charge in [-0.25, -0.2) is 13.1 Å². The van der Waals surface area contributed by atoms with E-state index in [-0.39, 0.29) is 43.2 Å². The number of hydrogen-bond donors (Lipinski definition) is 2. The third kappa shape index (κ3) is 4.83. The van der Waals surface area contributed by atoms with Crippen molar-refractivity contribution in [2.24, 2.45) is 0 Å². The normalized spacial score (nSPS) is 16.2. The summed E-state index contributed by atoms with van der Waals surface area (Å²) in [5.41, 5.74) is -0.117. The molecule has 0 spiro atoms. The Morgan fingerprint density at radius 3 is 2.48 bits per heavy atom. The van der Waals surface area contributed by atoms with E-state index in [4.69, 9.17) is 0 Å². The van der Waals surface area contributed by atoms with Crippen molar-refractivity contribution in [1.29, 1.82) is 0 Å². The fraction of sp³-hybridized carbons (Fsp3) is 0.467. The first-order valence-electron chi connectivity index (χ1n) is 8.31. The molecule has 2 N–H and O–H groups in total. The standard InChI is InChI=1S/C15H22N4O6S2/c1-3-18(4-2)27(24,25)17-15(21)12-6-5-7-13(10-12)26(22,23)19-9-8-16-14(20)11-19/h5-7,10H,3-4,8-9,11H2,1-2H3,(H,16,20)(H,17,21). The van der Waals surface area contributed by atoms with Gasteiger partial charge >= 0.3 is 10.2 Å². The Kier molecular flexibility index (Phi) is 6.57. The molecule has 1 aromatic rings. The molecule has 27 heavy (non-hydrogen) atoms. The van der Waals surface area contributed by atoms with Crippen molar-refractivity contribution >= 4 is 32.0 Å². The first-order chi connectivity index (χ1) is 12.6. The molecule has 1 aromatic carbocycles. The highest BCUT2D eigenvalue weighted by Gasteiger charge is 2.30. The lowest BCUT2D eigenvalue weighted by Crippen LogP contribution is -2.49. The summed E-state index contributed by atoms with van der Waals surface area (Å²) in [6, 6.07) is 5.04. The van der Waals surface area contributed by atoms with Crippen LogP contribution in [0.1, 0.15) is 24.2 Å². The molecular weight excluding hydrogens is 396 g/mol. The minimum Gasteiger partial charge on any atom is -0.354 e. The van der Waals surface area contributed by atoms with Crippen LogP contribution in [0.4, 0.5) is 0 Å². The minimum absolute atomic E-state index is 0.112. The summed E-state index contributed by atoms with van der Waals surface area (Å²) in [7, 11) is -8.01. The molecule has 0 unspecified atom stereocenters. The highest BCUT2D eigenvalue weighted by Crippen LogP contribution is 2.18. The Hall–Kier alpha value is -2.02. The largest absolute Gasteiger partial charge is 0.354 e. The second-order valence-corrected chi connectivity index (χ2v) is 9.35. The molecule has 0 saturated carbocycles. The molecule has 1 saturated heterocycles. The molecule has 1 heterocycles. The predicted octanol–water partition coefficient (Wildman–Crippen LogP) is -0.876. The van der Waals surface area contributed by atoms with Crippen molar-refractivity contribution in [3.63, 3.8) is 0 Å². The Bertz CT molecular complexity index is 925. The third-order valence-electron chi connectivity index (χ3n) is 4.00. The van der Waals surface area contributed by atoms with Gasteiger partial charge in [-0.2, -0.15) is 17.0 Å². The van der Waals surface area contributed by atoms with Gasteiger partial charge in [0, 0.05) is 31.7 Å². The van der Waals surface area contributed by atoms with Gasteiger partial charge in [0.2, 0.25) is 15.9 Å². The third-order valence-corrected chi connectivity index (χ3v) is 7.49. The second-order valence-electron chi connectivity index (χ2n) is 5.74. The van der Waals surface area contributed by atoms with Crippen LogP contribution in [0.25, 0.3) is 0 Å². The maximum absolute atomic E-state index is 12.7. The topological polar surface area (TPSA) is 133 Å². The van der Waals surface area contributed by atoms with Crippen LogP contribution in [0.3, 0.4) is 0 Å². The maximum atomic E-state index is 12.7. The van der Waals surface area contributed by atoms with Gasteiger partial charge in [0.1, 0.15) is 0 Å². The summed E-state index contributed by atoms with van der Waals surface area (Å²) in [6.07, 6.45) is 0. The van der Waals surface area contributed by atoms with E-state index >= 15 is 0 Å². The van der Waals surface area contributed by atoms with Gasteiger partial charge in [0.05, 0.1) is 11.4 Å². The fourth-order valence-electron chi connectivity index (χ4n) is 2.57. The van der Waals surface area contributed by atoms with Crippen LogP contribution in [0.2, 0.25) is 0 Å². The van der Waals surface area contributed by atoms with E-state index < -0.39 is 32.0 Å². The molecule has 0 bridgehead atoms. The van der Waals surface area contributed by atoms with Crippen molar-refractivity contribution in [1.82, 2.24) is 18.6 Å². The van der Waals surface area contributed by atoms with Crippen molar-refractivity contribution in [3.05, 3.63) is 29.8 Å². The van der Waals surface area contributed by atoms with Crippen molar-refractivity contribution in [3.8, 4) is 0 Å². The van der Waals surface area contributed by atoms with Crippen LogP contribution >= 0.6 is 0 Å². The summed E-state index contributed by atoms with van der Waals surface area (Å²) >= 11 is 0. The number of hydrogen-bond acceptors (Lipinski definition) is 6. The monoisotopic (exact) mass is 418 g/mol. The summed E-state index contributed by atoms with van der Waals surface area (Å²) in [5.74, 6) is -1.35. The number of sulfonamides is 1. The summed E-state index contributed by atoms with van der Waals surface area (Å²) in [5, 5.41) is 2.53. The second kappa shape index (κ2) is 8.33. The number of amides is 2. The first-order valence-corrected chi connectivity index (χ1v) is 11.2. The Morgan fingerprint density at radius 2 is 1.89 bits per heavy atom. The number of carbonyl (C=O) groups is 2. The van der Waals surface area contributed by atoms with Gasteiger partial charge in [-0.15, -0.1) is 0 Å². The molecule has 150 valence electrons. The molecule has 0 aliphatic carbocycles. The minimum atomic E-state index is -4.02. The number of benzene rings is 1. The Balaban J connectivity index is 2.26. The van der Waals surface area contributed by atoms with Crippen LogP contribution in [0.5, 0.6) is 0 Å². The Labute approximate surface area is 158 Å². The number of nitrogens with one attached hydrogen (secondary N) is 2. The van der Waals surface area contributed by atoms with Gasteiger partial charge in [-0.1, -0.05) is 19.9 Å². The van der Waals surface area contributed by atoms with E-state index in [0.29, 0.717) is 0 Å². The lowest BCUT2D eigenvalue weighted by molar-refractivity contribution is -0.122. The molecule has 0 radical (unpaired) electrons. The highest BCUT2D eigenvalue weighted by atomic mass is 32.2. The average Bonchev–Trinajstić information content (AvgIpc) is 2.62. The van der Waals surface area contributed by atoms with E-state index in [9.17, 15) is 26.4 Å². The molecule has 1 fully saturated rings. The summed E-state index contributed by atoms with van der Waals surface area (Å²) in [4.78, 5) is 23.6. The molecule has 0 atom stereocenters. The zero-order valence-electron chi connectivity index (χ0n) is 15.0.